The average Bonchev–Trinajstić information content (AvgIpc) is 3.20. The van der Waals surface area contributed by atoms with Gasteiger partial charge in [0.25, 0.3) is 5.91 Å². The number of ether oxygens (including phenoxy) is 1. The maximum atomic E-state index is 12.9. The zero-order valence-corrected chi connectivity index (χ0v) is 20.8. The molecule has 1 aliphatic heterocycles. The molecule has 6 heteroatoms. The Kier molecular flexibility index (Phi) is 6.98. The van der Waals surface area contributed by atoms with E-state index in [4.69, 9.17) is 4.74 Å². The summed E-state index contributed by atoms with van der Waals surface area (Å²) in [6.07, 6.45) is 0. The van der Waals surface area contributed by atoms with Crippen LogP contribution >= 0.6 is 11.8 Å². The minimum absolute atomic E-state index is 0.0341. The fourth-order valence-corrected chi connectivity index (χ4v) is 5.12. The van der Waals surface area contributed by atoms with Crippen molar-refractivity contribution in [2.75, 3.05) is 22.6 Å². The predicted octanol–water partition coefficient (Wildman–Crippen LogP) is 6.41. The van der Waals surface area contributed by atoms with E-state index in [0.717, 1.165) is 11.3 Å². The number of carbonyl (C=O) groups is 2. The van der Waals surface area contributed by atoms with Crippen molar-refractivity contribution in [3.63, 3.8) is 0 Å². The van der Waals surface area contributed by atoms with Gasteiger partial charge in [-0.05, 0) is 59.9 Å². The van der Waals surface area contributed by atoms with E-state index in [-0.39, 0.29) is 22.6 Å². The highest BCUT2D eigenvalue weighted by Gasteiger charge is 2.35. The minimum atomic E-state index is -0.197. The van der Waals surface area contributed by atoms with Crippen molar-refractivity contribution in [2.45, 2.75) is 38.5 Å². The Morgan fingerprint density at radius 1 is 1.06 bits per heavy atom. The number of amides is 2. The molecule has 3 aromatic rings. The van der Waals surface area contributed by atoms with Crippen LogP contribution in [0.4, 0.5) is 11.4 Å². The second-order valence-electron chi connectivity index (χ2n) is 9.23. The van der Waals surface area contributed by atoms with Crippen LogP contribution in [0.1, 0.15) is 54.6 Å². The van der Waals surface area contributed by atoms with Crippen LogP contribution in [-0.4, -0.2) is 24.2 Å². The zero-order chi connectivity index (χ0) is 24.3. The molecule has 1 unspecified atom stereocenters. The lowest BCUT2D eigenvalue weighted by Crippen LogP contribution is -2.28. The molecule has 1 N–H and O–H groups in total. The van der Waals surface area contributed by atoms with Crippen LogP contribution in [0.3, 0.4) is 0 Å². The van der Waals surface area contributed by atoms with Crippen LogP contribution in [0.5, 0.6) is 5.75 Å². The molecule has 0 saturated carbocycles. The lowest BCUT2D eigenvalue weighted by atomic mass is 9.87. The summed E-state index contributed by atoms with van der Waals surface area (Å²) in [7, 11) is 0. The highest BCUT2D eigenvalue weighted by Crippen LogP contribution is 2.45. The number of carbonyl (C=O) groups excluding carboxylic acids is 2. The van der Waals surface area contributed by atoms with E-state index >= 15 is 0 Å². The van der Waals surface area contributed by atoms with Crippen LogP contribution < -0.4 is 15.0 Å². The Labute approximate surface area is 205 Å². The fourth-order valence-electron chi connectivity index (χ4n) is 3.96. The minimum Gasteiger partial charge on any atom is -0.492 e. The number of para-hydroxylation sites is 2. The van der Waals surface area contributed by atoms with Crippen LogP contribution in [0.15, 0.2) is 72.8 Å². The molecule has 1 aliphatic rings. The van der Waals surface area contributed by atoms with Gasteiger partial charge >= 0.3 is 0 Å². The first-order valence-electron chi connectivity index (χ1n) is 11.5. The standard InChI is InChI=1S/C28H30N2O3S/c1-5-33-24-12-7-6-11-23(24)30-25(31)18-34-27(30)20-9-8-10-22(17-20)29-26(32)19-13-15-21(16-14-19)28(2,3)4/h6-17,27H,5,18H2,1-4H3,(H,29,32). The second-order valence-corrected chi connectivity index (χ2v) is 10.3. The molecule has 5 nitrogen and oxygen atoms in total. The molecule has 0 spiro atoms. The van der Waals surface area contributed by atoms with Crippen LogP contribution in [0.2, 0.25) is 0 Å². The third-order valence-electron chi connectivity index (χ3n) is 5.74. The summed E-state index contributed by atoms with van der Waals surface area (Å²) in [5.41, 5.74) is 4.23. The molecular weight excluding hydrogens is 444 g/mol. The number of hydrogen-bond acceptors (Lipinski definition) is 4. The van der Waals surface area contributed by atoms with Gasteiger partial charge in [0.1, 0.15) is 11.1 Å². The van der Waals surface area contributed by atoms with Gasteiger partial charge in [-0.1, -0.05) is 57.2 Å². The van der Waals surface area contributed by atoms with Gasteiger partial charge in [0, 0.05) is 11.3 Å². The Hall–Kier alpha value is -3.25. The van der Waals surface area contributed by atoms with Gasteiger partial charge in [-0.2, -0.15) is 0 Å². The largest absolute Gasteiger partial charge is 0.492 e. The van der Waals surface area contributed by atoms with E-state index in [1.165, 1.54) is 5.56 Å². The third kappa shape index (κ3) is 5.12. The molecular formula is C28H30N2O3S. The number of rotatable bonds is 6. The zero-order valence-electron chi connectivity index (χ0n) is 20.0. The lowest BCUT2D eigenvalue weighted by Gasteiger charge is -2.26. The van der Waals surface area contributed by atoms with E-state index < -0.39 is 0 Å². The molecule has 1 fully saturated rings. The van der Waals surface area contributed by atoms with Crippen LogP contribution in [0.25, 0.3) is 0 Å². The Balaban J connectivity index is 1.56. The quantitative estimate of drug-likeness (QED) is 0.448. The summed E-state index contributed by atoms with van der Waals surface area (Å²) in [5.74, 6) is 0.956. The number of thioether (sulfide) groups is 1. The molecule has 4 rings (SSSR count). The Bertz CT molecular complexity index is 1180. The third-order valence-corrected chi connectivity index (χ3v) is 6.95. The SMILES string of the molecule is CCOc1ccccc1N1C(=O)CSC1c1cccc(NC(=O)c2ccc(C(C)(C)C)cc2)c1. The van der Waals surface area contributed by atoms with E-state index in [2.05, 4.69) is 26.1 Å². The van der Waals surface area contributed by atoms with Crippen molar-refractivity contribution >= 4 is 35.0 Å². The molecule has 1 heterocycles. The van der Waals surface area contributed by atoms with Crippen molar-refractivity contribution in [3.05, 3.63) is 89.5 Å². The van der Waals surface area contributed by atoms with Gasteiger partial charge in [-0.15, -0.1) is 11.8 Å². The van der Waals surface area contributed by atoms with Crippen molar-refractivity contribution < 1.29 is 14.3 Å². The smallest absolute Gasteiger partial charge is 0.255 e. The molecule has 0 radical (unpaired) electrons. The number of nitrogens with zero attached hydrogens (tertiary/aromatic N) is 1. The Morgan fingerprint density at radius 3 is 2.50 bits per heavy atom. The van der Waals surface area contributed by atoms with E-state index in [1.54, 1.807) is 16.7 Å². The first kappa shape index (κ1) is 23.9. The number of anilines is 2. The maximum absolute atomic E-state index is 12.9. The monoisotopic (exact) mass is 474 g/mol. The van der Waals surface area contributed by atoms with Crippen molar-refractivity contribution in [1.29, 1.82) is 0 Å². The lowest BCUT2D eigenvalue weighted by molar-refractivity contribution is -0.115. The van der Waals surface area contributed by atoms with E-state index in [1.807, 2.05) is 79.7 Å². The molecule has 1 atom stereocenters. The van der Waals surface area contributed by atoms with Crippen molar-refractivity contribution in [2.24, 2.45) is 0 Å². The summed E-state index contributed by atoms with van der Waals surface area (Å²) in [4.78, 5) is 27.5. The first-order chi connectivity index (χ1) is 16.3. The van der Waals surface area contributed by atoms with Gasteiger partial charge in [-0.3, -0.25) is 14.5 Å². The maximum Gasteiger partial charge on any atom is 0.255 e. The molecule has 34 heavy (non-hydrogen) atoms. The molecule has 3 aromatic carbocycles. The second kappa shape index (κ2) is 9.94. The Morgan fingerprint density at radius 2 is 1.79 bits per heavy atom. The van der Waals surface area contributed by atoms with Crippen molar-refractivity contribution in [1.82, 2.24) is 0 Å². The molecule has 0 aliphatic carbocycles. The van der Waals surface area contributed by atoms with Crippen LogP contribution in [-0.2, 0) is 10.2 Å². The molecule has 0 aromatic heterocycles. The predicted molar refractivity (Wildman–Crippen MR) is 140 cm³/mol. The average molecular weight is 475 g/mol. The molecule has 2 amide bonds. The van der Waals surface area contributed by atoms with Gasteiger partial charge < -0.3 is 10.1 Å². The summed E-state index contributed by atoms with van der Waals surface area (Å²) in [5, 5.41) is 2.80. The van der Waals surface area contributed by atoms with Gasteiger partial charge in [0.15, 0.2) is 0 Å². The summed E-state index contributed by atoms with van der Waals surface area (Å²) in [6.45, 7) is 8.90. The van der Waals surface area contributed by atoms with Crippen LogP contribution in [0, 0.1) is 0 Å². The fraction of sp³-hybridized carbons (Fsp3) is 0.286. The van der Waals surface area contributed by atoms with Crippen molar-refractivity contribution in [3.8, 4) is 5.75 Å². The highest BCUT2D eigenvalue weighted by atomic mass is 32.2. The van der Waals surface area contributed by atoms with Gasteiger partial charge in [-0.25, -0.2) is 0 Å². The first-order valence-corrected chi connectivity index (χ1v) is 12.5. The summed E-state index contributed by atoms with van der Waals surface area (Å²) in [6, 6.07) is 23.0. The molecule has 176 valence electrons. The van der Waals surface area contributed by atoms with E-state index in [0.29, 0.717) is 29.4 Å². The van der Waals surface area contributed by atoms with Gasteiger partial charge in [0.2, 0.25) is 5.91 Å². The highest BCUT2D eigenvalue weighted by molar-refractivity contribution is 8.00. The number of hydrogen-bond donors (Lipinski definition) is 1. The molecule has 0 bridgehead atoms. The number of benzene rings is 3. The van der Waals surface area contributed by atoms with Gasteiger partial charge in [0.05, 0.1) is 18.0 Å². The number of nitrogens with one attached hydrogen (secondary N) is 1. The normalized spacial score (nSPS) is 15.9. The molecule has 1 saturated heterocycles. The summed E-state index contributed by atoms with van der Waals surface area (Å²) < 4.78 is 5.78. The topological polar surface area (TPSA) is 58.6 Å². The summed E-state index contributed by atoms with van der Waals surface area (Å²) >= 11 is 1.57. The van der Waals surface area contributed by atoms with E-state index in [9.17, 15) is 9.59 Å².